The van der Waals surface area contributed by atoms with Crippen LogP contribution < -0.4 is 10.2 Å². The molecule has 0 unspecified atom stereocenters. The van der Waals surface area contributed by atoms with Gasteiger partial charge in [0, 0.05) is 51.7 Å². The second-order valence-electron chi connectivity index (χ2n) is 8.15. The van der Waals surface area contributed by atoms with Crippen molar-refractivity contribution in [3.63, 3.8) is 0 Å². The van der Waals surface area contributed by atoms with E-state index in [1.165, 1.54) is 0 Å². The quantitative estimate of drug-likeness (QED) is 0.730. The SMILES string of the molecule is CC(C)c1ccc2c(c1)S(=O)(=O)N(CCCN1CCN(c3ncccn3)CC1)C(=O)N2. The monoisotopic (exact) mass is 444 g/mol. The lowest BCUT2D eigenvalue weighted by molar-refractivity contribution is 0.225. The van der Waals surface area contributed by atoms with Crippen LogP contribution in [0, 0.1) is 0 Å². The van der Waals surface area contributed by atoms with Crippen LogP contribution in [0.5, 0.6) is 0 Å². The zero-order chi connectivity index (χ0) is 22.0. The normalized spacial score (nSPS) is 18.7. The summed E-state index contributed by atoms with van der Waals surface area (Å²) in [6.07, 6.45) is 4.05. The van der Waals surface area contributed by atoms with E-state index in [0.29, 0.717) is 12.1 Å². The third kappa shape index (κ3) is 4.49. The highest BCUT2D eigenvalue weighted by molar-refractivity contribution is 7.90. The van der Waals surface area contributed by atoms with E-state index in [4.69, 9.17) is 0 Å². The average molecular weight is 445 g/mol. The Hall–Kier alpha value is -2.72. The second kappa shape index (κ2) is 8.80. The number of benzene rings is 1. The van der Waals surface area contributed by atoms with Crippen molar-refractivity contribution in [1.29, 1.82) is 0 Å². The molecule has 3 heterocycles. The van der Waals surface area contributed by atoms with Crippen molar-refractivity contribution < 1.29 is 13.2 Å². The van der Waals surface area contributed by atoms with Crippen LogP contribution in [-0.4, -0.2) is 72.9 Å². The van der Waals surface area contributed by atoms with Gasteiger partial charge < -0.3 is 10.2 Å². The minimum Gasteiger partial charge on any atom is -0.338 e. The van der Waals surface area contributed by atoms with Gasteiger partial charge in [0.1, 0.15) is 4.90 Å². The number of piperazine rings is 1. The van der Waals surface area contributed by atoms with Crippen LogP contribution >= 0.6 is 0 Å². The predicted octanol–water partition coefficient (Wildman–Crippen LogP) is 2.35. The fourth-order valence-corrected chi connectivity index (χ4v) is 5.46. The number of carbonyl (C=O) groups excluding carboxylic acids is 1. The summed E-state index contributed by atoms with van der Waals surface area (Å²) in [6.45, 7) is 8.23. The summed E-state index contributed by atoms with van der Waals surface area (Å²) in [6, 6.07) is 6.41. The first kappa shape index (κ1) is 21.5. The third-order valence-corrected chi connectivity index (χ3v) is 7.57. The Labute approximate surface area is 183 Å². The summed E-state index contributed by atoms with van der Waals surface area (Å²) in [5.41, 5.74) is 1.28. The second-order valence-corrected chi connectivity index (χ2v) is 9.98. The molecule has 1 fully saturated rings. The molecule has 2 aromatic rings. The molecule has 1 saturated heterocycles. The Bertz CT molecular complexity index is 1040. The molecule has 2 aliphatic heterocycles. The number of sulfonamides is 1. The lowest BCUT2D eigenvalue weighted by Crippen LogP contribution is -2.48. The highest BCUT2D eigenvalue weighted by Crippen LogP contribution is 2.32. The molecule has 10 heteroatoms. The minimum absolute atomic E-state index is 0.154. The van der Waals surface area contributed by atoms with Crippen molar-refractivity contribution in [2.75, 3.05) is 49.5 Å². The van der Waals surface area contributed by atoms with Crippen LogP contribution in [0.3, 0.4) is 0 Å². The van der Waals surface area contributed by atoms with Gasteiger partial charge in [-0.3, -0.25) is 4.90 Å². The van der Waals surface area contributed by atoms with Crippen LogP contribution in [0.15, 0.2) is 41.6 Å². The number of anilines is 2. The number of nitrogens with zero attached hydrogens (tertiary/aromatic N) is 5. The van der Waals surface area contributed by atoms with Gasteiger partial charge in [-0.25, -0.2) is 27.5 Å². The van der Waals surface area contributed by atoms with E-state index in [1.54, 1.807) is 30.6 Å². The van der Waals surface area contributed by atoms with Gasteiger partial charge in [0.2, 0.25) is 5.95 Å². The molecule has 0 saturated carbocycles. The van der Waals surface area contributed by atoms with E-state index in [-0.39, 0.29) is 17.4 Å². The number of rotatable bonds is 6. The van der Waals surface area contributed by atoms with Crippen LogP contribution in [0.25, 0.3) is 0 Å². The summed E-state index contributed by atoms with van der Waals surface area (Å²) < 4.78 is 27.2. The molecular formula is C21H28N6O3S. The van der Waals surface area contributed by atoms with E-state index >= 15 is 0 Å². The smallest absolute Gasteiger partial charge is 0.335 e. The molecule has 2 aliphatic rings. The Kier molecular flexibility index (Phi) is 6.10. The van der Waals surface area contributed by atoms with Crippen LogP contribution in [0.2, 0.25) is 0 Å². The number of hydrogen-bond donors (Lipinski definition) is 1. The van der Waals surface area contributed by atoms with Gasteiger partial charge in [0.15, 0.2) is 0 Å². The number of carbonyl (C=O) groups is 1. The molecule has 0 aliphatic carbocycles. The molecule has 31 heavy (non-hydrogen) atoms. The zero-order valence-electron chi connectivity index (χ0n) is 17.9. The van der Waals surface area contributed by atoms with Gasteiger partial charge in [-0.2, -0.15) is 0 Å². The zero-order valence-corrected chi connectivity index (χ0v) is 18.7. The standard InChI is InChI=1S/C21H28N6O3S/c1-16(2)17-5-6-18-19(15-17)31(29,30)27(21(28)24-18)10-4-9-25-11-13-26(14-12-25)20-22-7-3-8-23-20/h3,5-8,15-16H,4,9-14H2,1-2H3,(H,24,28). The average Bonchev–Trinajstić information content (AvgIpc) is 2.77. The molecule has 0 atom stereocenters. The van der Waals surface area contributed by atoms with E-state index in [0.717, 1.165) is 48.5 Å². The maximum absolute atomic E-state index is 13.1. The molecule has 1 N–H and O–H groups in total. The lowest BCUT2D eigenvalue weighted by atomic mass is 10.0. The number of fused-ring (bicyclic) bond motifs is 1. The van der Waals surface area contributed by atoms with E-state index in [9.17, 15) is 13.2 Å². The highest BCUT2D eigenvalue weighted by atomic mass is 32.2. The van der Waals surface area contributed by atoms with Crippen LogP contribution in [0.1, 0.15) is 31.7 Å². The highest BCUT2D eigenvalue weighted by Gasteiger charge is 2.36. The maximum atomic E-state index is 13.1. The molecule has 0 spiro atoms. The number of aromatic nitrogens is 2. The predicted molar refractivity (Wildman–Crippen MR) is 119 cm³/mol. The van der Waals surface area contributed by atoms with Gasteiger partial charge in [-0.15, -0.1) is 0 Å². The third-order valence-electron chi connectivity index (χ3n) is 5.75. The summed E-state index contributed by atoms with van der Waals surface area (Å²) in [5, 5.41) is 2.72. The minimum atomic E-state index is -3.86. The van der Waals surface area contributed by atoms with Crippen molar-refractivity contribution in [3.05, 3.63) is 42.2 Å². The number of amides is 2. The van der Waals surface area contributed by atoms with Crippen molar-refractivity contribution in [3.8, 4) is 0 Å². The Morgan fingerprint density at radius 1 is 1.06 bits per heavy atom. The molecule has 0 radical (unpaired) electrons. The molecule has 166 valence electrons. The fraction of sp³-hybridized carbons (Fsp3) is 0.476. The lowest BCUT2D eigenvalue weighted by Gasteiger charge is -2.35. The van der Waals surface area contributed by atoms with Crippen LogP contribution in [0.4, 0.5) is 16.4 Å². The van der Waals surface area contributed by atoms with Gasteiger partial charge in [-0.1, -0.05) is 19.9 Å². The maximum Gasteiger partial charge on any atom is 0.335 e. The Morgan fingerprint density at radius 3 is 2.45 bits per heavy atom. The summed E-state index contributed by atoms with van der Waals surface area (Å²) in [4.78, 5) is 25.6. The van der Waals surface area contributed by atoms with E-state index in [2.05, 4.69) is 25.1 Å². The summed E-state index contributed by atoms with van der Waals surface area (Å²) in [7, 11) is -3.86. The van der Waals surface area contributed by atoms with E-state index in [1.807, 2.05) is 19.9 Å². The van der Waals surface area contributed by atoms with Gasteiger partial charge in [0.25, 0.3) is 10.0 Å². The molecule has 4 rings (SSSR count). The Balaban J connectivity index is 1.35. The first-order chi connectivity index (χ1) is 14.9. The van der Waals surface area contributed by atoms with Crippen molar-refractivity contribution in [2.45, 2.75) is 31.1 Å². The molecule has 0 bridgehead atoms. The Morgan fingerprint density at radius 2 is 1.77 bits per heavy atom. The molecule has 1 aromatic carbocycles. The van der Waals surface area contributed by atoms with Crippen molar-refractivity contribution >= 4 is 27.7 Å². The van der Waals surface area contributed by atoms with Crippen LogP contribution in [-0.2, 0) is 10.0 Å². The largest absolute Gasteiger partial charge is 0.338 e. The molecule has 9 nitrogen and oxygen atoms in total. The van der Waals surface area contributed by atoms with Crippen molar-refractivity contribution in [1.82, 2.24) is 19.2 Å². The van der Waals surface area contributed by atoms with Crippen molar-refractivity contribution in [2.24, 2.45) is 0 Å². The van der Waals surface area contributed by atoms with E-state index < -0.39 is 16.1 Å². The molecule has 2 amide bonds. The molecule has 1 aromatic heterocycles. The first-order valence-corrected chi connectivity index (χ1v) is 12.0. The van der Waals surface area contributed by atoms with Gasteiger partial charge >= 0.3 is 6.03 Å². The topological polar surface area (TPSA) is 98.7 Å². The molecular weight excluding hydrogens is 416 g/mol. The first-order valence-electron chi connectivity index (χ1n) is 10.6. The fourth-order valence-electron chi connectivity index (χ4n) is 3.91. The van der Waals surface area contributed by atoms with Gasteiger partial charge in [0.05, 0.1) is 5.69 Å². The van der Waals surface area contributed by atoms with Gasteiger partial charge in [-0.05, 0) is 36.1 Å². The number of urea groups is 1. The number of nitrogens with one attached hydrogen (secondary N) is 1. The summed E-state index contributed by atoms with van der Waals surface area (Å²) in [5.74, 6) is 0.934. The number of hydrogen-bond acceptors (Lipinski definition) is 7. The summed E-state index contributed by atoms with van der Waals surface area (Å²) >= 11 is 0.